The highest BCUT2D eigenvalue weighted by molar-refractivity contribution is 6.10. The van der Waals surface area contributed by atoms with E-state index < -0.39 is 0 Å². The monoisotopic (exact) mass is 272 g/mol. The third kappa shape index (κ3) is 3.42. The Hall–Kier alpha value is -0.850. The molecule has 3 aliphatic rings. The summed E-state index contributed by atoms with van der Waals surface area (Å²) >= 11 is 0. The van der Waals surface area contributed by atoms with Gasteiger partial charge in [-0.25, -0.2) is 0 Å². The second-order valence-electron chi connectivity index (χ2n) is 7.01. The second-order valence-corrected chi connectivity index (χ2v) is 7.01. The molecule has 0 unspecified atom stereocenters. The molecule has 0 heterocycles. The van der Waals surface area contributed by atoms with Crippen molar-refractivity contribution < 1.29 is 4.79 Å². The molecular weight excluding hydrogens is 244 g/mol. The van der Waals surface area contributed by atoms with Gasteiger partial charge in [0, 0.05) is 0 Å². The summed E-state index contributed by atoms with van der Waals surface area (Å²) in [5, 5.41) is 0. The molecule has 1 heteroatoms. The normalized spacial score (nSPS) is 30.5. The van der Waals surface area contributed by atoms with Gasteiger partial charge >= 0.3 is 0 Å². The first-order valence-electron chi connectivity index (χ1n) is 8.79. The molecule has 0 aliphatic heterocycles. The lowest BCUT2D eigenvalue weighted by atomic mass is 9.86. The van der Waals surface area contributed by atoms with Crippen molar-refractivity contribution in [3.63, 3.8) is 0 Å². The van der Waals surface area contributed by atoms with Gasteiger partial charge in [0.2, 0.25) is 0 Å². The van der Waals surface area contributed by atoms with Gasteiger partial charge in [-0.05, 0) is 61.5 Å². The lowest BCUT2D eigenvalue weighted by molar-refractivity contribution is -0.111. The van der Waals surface area contributed by atoms with Crippen LogP contribution in [0.5, 0.6) is 0 Å². The first kappa shape index (κ1) is 14.1. The van der Waals surface area contributed by atoms with Crippen molar-refractivity contribution in [3.8, 4) is 0 Å². The van der Waals surface area contributed by atoms with Gasteiger partial charge in [0.25, 0.3) is 0 Å². The highest BCUT2D eigenvalue weighted by Crippen LogP contribution is 2.34. The molecule has 20 heavy (non-hydrogen) atoms. The molecule has 0 N–H and O–H groups in total. The third-order valence-electron chi connectivity index (χ3n) is 5.42. The predicted molar refractivity (Wildman–Crippen MR) is 83.6 cm³/mol. The van der Waals surface area contributed by atoms with Crippen LogP contribution in [0, 0.1) is 11.8 Å². The zero-order chi connectivity index (χ0) is 13.8. The Morgan fingerprint density at radius 2 is 1.05 bits per heavy atom. The largest absolute Gasteiger partial charge is 0.289 e. The minimum Gasteiger partial charge on any atom is -0.289 e. The van der Waals surface area contributed by atoms with E-state index in [0.717, 1.165) is 24.0 Å². The smallest absolute Gasteiger partial charge is 0.184 e. The molecule has 0 aromatic heterocycles. The molecule has 1 nitrogen and oxygen atoms in total. The summed E-state index contributed by atoms with van der Waals surface area (Å²) in [6.07, 6.45) is 20.1. The van der Waals surface area contributed by atoms with E-state index in [1.54, 1.807) is 0 Å². The lowest BCUT2D eigenvalue weighted by Crippen LogP contribution is -2.07. The van der Waals surface area contributed by atoms with Gasteiger partial charge in [-0.2, -0.15) is 0 Å². The Kier molecular flexibility index (Phi) is 4.75. The van der Waals surface area contributed by atoms with Gasteiger partial charge in [0.1, 0.15) is 0 Å². The van der Waals surface area contributed by atoms with E-state index in [2.05, 4.69) is 12.2 Å². The molecule has 0 atom stereocenters. The number of carbonyl (C=O) groups is 1. The summed E-state index contributed by atoms with van der Waals surface area (Å²) < 4.78 is 0. The van der Waals surface area contributed by atoms with Crippen LogP contribution in [0.25, 0.3) is 0 Å². The zero-order valence-electron chi connectivity index (χ0n) is 12.7. The average Bonchev–Trinajstić information content (AvgIpc) is 2.83. The molecule has 0 aromatic rings. The van der Waals surface area contributed by atoms with Gasteiger partial charge in [0.15, 0.2) is 5.78 Å². The fourth-order valence-electron chi connectivity index (χ4n) is 4.19. The van der Waals surface area contributed by atoms with Crippen LogP contribution in [0.3, 0.4) is 0 Å². The first-order chi connectivity index (χ1) is 9.83. The van der Waals surface area contributed by atoms with Crippen molar-refractivity contribution in [1.29, 1.82) is 0 Å². The summed E-state index contributed by atoms with van der Waals surface area (Å²) in [4.78, 5) is 12.5. The number of ketones is 1. The van der Waals surface area contributed by atoms with E-state index >= 15 is 0 Å². The van der Waals surface area contributed by atoms with Gasteiger partial charge in [0.05, 0.1) is 0 Å². The highest BCUT2D eigenvalue weighted by atomic mass is 16.1. The molecule has 0 saturated heterocycles. The van der Waals surface area contributed by atoms with Gasteiger partial charge in [-0.1, -0.05) is 50.7 Å². The molecule has 0 radical (unpaired) electrons. The molecule has 0 bridgehead atoms. The quantitative estimate of drug-likeness (QED) is 0.618. The number of hydrogen-bond acceptors (Lipinski definition) is 1. The van der Waals surface area contributed by atoms with Crippen LogP contribution >= 0.6 is 0 Å². The van der Waals surface area contributed by atoms with Crippen LogP contribution in [0.2, 0.25) is 0 Å². The van der Waals surface area contributed by atoms with Crippen molar-refractivity contribution in [2.24, 2.45) is 11.8 Å². The molecular formula is C19H28O. The molecule has 3 saturated carbocycles. The maximum Gasteiger partial charge on any atom is 0.184 e. The number of rotatable bonds is 2. The van der Waals surface area contributed by atoms with Crippen molar-refractivity contribution in [1.82, 2.24) is 0 Å². The Balaban J connectivity index is 1.63. The summed E-state index contributed by atoms with van der Waals surface area (Å²) in [7, 11) is 0. The average molecular weight is 272 g/mol. The third-order valence-corrected chi connectivity index (χ3v) is 5.42. The summed E-state index contributed by atoms with van der Waals surface area (Å²) in [5.74, 6) is 1.77. The van der Waals surface area contributed by atoms with E-state index in [9.17, 15) is 4.79 Å². The van der Waals surface area contributed by atoms with E-state index in [4.69, 9.17) is 0 Å². The molecule has 0 amide bonds. The van der Waals surface area contributed by atoms with Crippen molar-refractivity contribution in [2.45, 2.75) is 77.0 Å². The maximum atomic E-state index is 12.5. The van der Waals surface area contributed by atoms with E-state index in [-0.39, 0.29) is 0 Å². The fraction of sp³-hybridized carbons (Fsp3) is 0.737. The van der Waals surface area contributed by atoms with E-state index in [1.807, 2.05) is 0 Å². The van der Waals surface area contributed by atoms with Crippen LogP contribution in [-0.4, -0.2) is 5.78 Å². The fourth-order valence-corrected chi connectivity index (χ4v) is 4.19. The Bertz CT molecular complexity index is 365. The Morgan fingerprint density at radius 3 is 1.45 bits per heavy atom. The zero-order valence-corrected chi connectivity index (χ0v) is 12.7. The van der Waals surface area contributed by atoms with E-state index in [1.165, 1.54) is 64.2 Å². The summed E-state index contributed by atoms with van der Waals surface area (Å²) in [6.45, 7) is 0. The Morgan fingerprint density at radius 1 is 0.650 bits per heavy atom. The molecule has 3 aliphatic carbocycles. The van der Waals surface area contributed by atoms with Crippen LogP contribution in [0.15, 0.2) is 23.3 Å². The highest BCUT2D eigenvalue weighted by Gasteiger charge is 2.25. The summed E-state index contributed by atoms with van der Waals surface area (Å²) in [6, 6.07) is 0. The number of allylic oxidation sites excluding steroid dienone is 4. The number of carbonyl (C=O) groups excluding carboxylic acids is 1. The van der Waals surface area contributed by atoms with Crippen LogP contribution in [0.1, 0.15) is 77.0 Å². The SMILES string of the molecule is O=C1/C(=C\C2CCCCC2)CC/C1=C\C1CCCCC1. The van der Waals surface area contributed by atoms with Crippen molar-refractivity contribution >= 4 is 5.78 Å². The first-order valence-corrected chi connectivity index (χ1v) is 8.79. The van der Waals surface area contributed by atoms with Gasteiger partial charge < -0.3 is 0 Å². The van der Waals surface area contributed by atoms with Crippen molar-refractivity contribution in [2.75, 3.05) is 0 Å². The van der Waals surface area contributed by atoms with Crippen LogP contribution in [0.4, 0.5) is 0 Å². The van der Waals surface area contributed by atoms with Crippen LogP contribution in [-0.2, 0) is 4.79 Å². The minimum absolute atomic E-state index is 0.390. The predicted octanol–water partition coefficient (Wildman–Crippen LogP) is 5.36. The maximum absolute atomic E-state index is 12.5. The molecule has 3 fully saturated rings. The van der Waals surface area contributed by atoms with Gasteiger partial charge in [-0.3, -0.25) is 4.79 Å². The van der Waals surface area contributed by atoms with Gasteiger partial charge in [-0.15, -0.1) is 0 Å². The molecule has 0 spiro atoms. The number of Topliss-reactive ketones (excluding diaryl/α,β-unsaturated/α-hetero) is 1. The van der Waals surface area contributed by atoms with Crippen molar-refractivity contribution in [3.05, 3.63) is 23.3 Å². The second kappa shape index (κ2) is 6.74. The summed E-state index contributed by atoms with van der Waals surface area (Å²) in [5.41, 5.74) is 2.28. The standard InChI is InChI=1S/C19H28O/c20-19-17(13-15-7-3-1-4-8-15)11-12-18(19)14-16-9-5-2-6-10-16/h13-16H,1-12H2/b17-13-,18-14+. The Labute approximate surface area is 123 Å². The van der Waals surface area contributed by atoms with E-state index in [0.29, 0.717) is 17.6 Å². The topological polar surface area (TPSA) is 17.1 Å². The molecule has 3 rings (SSSR count). The molecule has 0 aromatic carbocycles. The minimum atomic E-state index is 0.390. The molecule has 110 valence electrons. The number of hydrogen-bond donors (Lipinski definition) is 0. The van der Waals surface area contributed by atoms with Crippen LogP contribution < -0.4 is 0 Å². The lowest BCUT2D eigenvalue weighted by Gasteiger charge is -2.19.